The molecule has 5 nitrogen and oxygen atoms in total. The maximum atomic E-state index is 13.5. The fraction of sp³-hybridized carbons (Fsp3) is 0.529. The smallest absolute Gasteiger partial charge is 0.438 e. The summed E-state index contributed by atoms with van der Waals surface area (Å²) in [5.74, 6) is -1.80. The number of phenolic OH excluding ortho intramolecular Hbond substituents is 1. The van der Waals surface area contributed by atoms with Crippen molar-refractivity contribution >= 4 is 11.6 Å². The Kier molecular flexibility index (Phi) is 4.49. The normalized spacial score (nSPS) is 25.1. The SMILES string of the molecule is O=C(c1ccccc1O)N1N=C(C2CCCCC2)CC1(O)C(F)(F)F. The Hall–Kier alpha value is -2.09. The average Bonchev–Trinajstić information content (AvgIpc) is 2.94. The number of hydrogen-bond donors (Lipinski definition) is 2. The van der Waals surface area contributed by atoms with Crippen LogP contribution in [0.1, 0.15) is 48.9 Å². The molecule has 25 heavy (non-hydrogen) atoms. The van der Waals surface area contributed by atoms with E-state index in [1.54, 1.807) is 0 Å². The van der Waals surface area contributed by atoms with Gasteiger partial charge in [-0.3, -0.25) is 4.79 Å². The Balaban J connectivity index is 1.98. The van der Waals surface area contributed by atoms with Crippen molar-refractivity contribution in [1.82, 2.24) is 5.01 Å². The Morgan fingerprint density at radius 1 is 1.20 bits per heavy atom. The van der Waals surface area contributed by atoms with Gasteiger partial charge in [0, 0.05) is 12.1 Å². The van der Waals surface area contributed by atoms with Gasteiger partial charge in [0.15, 0.2) is 0 Å². The van der Waals surface area contributed by atoms with E-state index in [1.165, 1.54) is 24.3 Å². The predicted molar refractivity (Wildman–Crippen MR) is 83.9 cm³/mol. The lowest BCUT2D eigenvalue weighted by atomic mass is 9.83. The van der Waals surface area contributed by atoms with Crippen LogP contribution < -0.4 is 0 Å². The van der Waals surface area contributed by atoms with Gasteiger partial charge in [0.25, 0.3) is 11.6 Å². The van der Waals surface area contributed by atoms with E-state index in [0.717, 1.165) is 19.3 Å². The Morgan fingerprint density at radius 2 is 1.84 bits per heavy atom. The molecule has 3 rings (SSSR count). The number of benzene rings is 1. The van der Waals surface area contributed by atoms with Crippen molar-refractivity contribution in [2.24, 2.45) is 11.0 Å². The van der Waals surface area contributed by atoms with E-state index in [2.05, 4.69) is 5.10 Å². The quantitative estimate of drug-likeness (QED) is 0.853. The minimum absolute atomic E-state index is 0.0893. The monoisotopic (exact) mass is 356 g/mol. The number of alkyl halides is 3. The molecule has 1 atom stereocenters. The van der Waals surface area contributed by atoms with Crippen molar-refractivity contribution < 1.29 is 28.2 Å². The van der Waals surface area contributed by atoms with Crippen LogP contribution in [0, 0.1) is 5.92 Å². The minimum atomic E-state index is -5.06. The number of aliphatic hydroxyl groups is 1. The maximum Gasteiger partial charge on any atom is 0.438 e. The first-order valence-corrected chi connectivity index (χ1v) is 8.23. The van der Waals surface area contributed by atoms with Crippen molar-refractivity contribution in [3.8, 4) is 5.75 Å². The number of phenols is 1. The summed E-state index contributed by atoms with van der Waals surface area (Å²) in [7, 11) is 0. The molecule has 0 saturated heterocycles. The second-order valence-corrected chi connectivity index (χ2v) is 6.55. The second kappa shape index (κ2) is 6.33. The summed E-state index contributed by atoms with van der Waals surface area (Å²) in [5.41, 5.74) is -3.53. The summed E-state index contributed by atoms with van der Waals surface area (Å²) in [6, 6.07) is 5.26. The molecule has 0 aromatic heterocycles. The van der Waals surface area contributed by atoms with Crippen LogP contribution in [-0.2, 0) is 0 Å². The van der Waals surface area contributed by atoms with E-state index in [4.69, 9.17) is 0 Å². The van der Waals surface area contributed by atoms with Crippen LogP contribution in [0.4, 0.5) is 13.2 Å². The molecule has 1 heterocycles. The van der Waals surface area contributed by atoms with E-state index in [0.29, 0.717) is 12.8 Å². The number of carbonyl (C=O) groups excluding carboxylic acids is 1. The molecule has 136 valence electrons. The zero-order chi connectivity index (χ0) is 18.2. The second-order valence-electron chi connectivity index (χ2n) is 6.55. The highest BCUT2D eigenvalue weighted by Crippen LogP contribution is 2.44. The summed E-state index contributed by atoms with van der Waals surface area (Å²) in [6.07, 6.45) is -1.61. The van der Waals surface area contributed by atoms with Gasteiger partial charge in [-0.25, -0.2) is 0 Å². The van der Waals surface area contributed by atoms with Crippen LogP contribution in [-0.4, -0.2) is 38.7 Å². The Bertz CT molecular complexity index is 699. The van der Waals surface area contributed by atoms with Crippen LogP contribution >= 0.6 is 0 Å². The van der Waals surface area contributed by atoms with Gasteiger partial charge in [-0.15, -0.1) is 0 Å². The van der Waals surface area contributed by atoms with Crippen LogP contribution in [0.5, 0.6) is 5.75 Å². The molecule has 1 unspecified atom stereocenters. The van der Waals surface area contributed by atoms with Gasteiger partial charge in [0.2, 0.25) is 0 Å². The van der Waals surface area contributed by atoms with Crippen LogP contribution in [0.15, 0.2) is 29.4 Å². The summed E-state index contributed by atoms with van der Waals surface area (Å²) in [4.78, 5) is 12.6. The highest BCUT2D eigenvalue weighted by atomic mass is 19.4. The highest BCUT2D eigenvalue weighted by molar-refractivity contribution is 6.00. The van der Waals surface area contributed by atoms with Gasteiger partial charge in [-0.1, -0.05) is 31.4 Å². The lowest BCUT2D eigenvalue weighted by Gasteiger charge is -2.32. The van der Waals surface area contributed by atoms with Crippen molar-refractivity contribution in [2.45, 2.75) is 50.4 Å². The largest absolute Gasteiger partial charge is 0.507 e. The number of hydrogen-bond acceptors (Lipinski definition) is 4. The van der Waals surface area contributed by atoms with E-state index >= 15 is 0 Å². The van der Waals surface area contributed by atoms with Crippen molar-refractivity contribution in [1.29, 1.82) is 0 Å². The number of rotatable bonds is 2. The Morgan fingerprint density at radius 3 is 2.44 bits per heavy atom. The third-order valence-corrected chi connectivity index (χ3v) is 4.86. The molecule has 8 heteroatoms. The van der Waals surface area contributed by atoms with Gasteiger partial charge in [0.05, 0.1) is 5.56 Å². The first-order chi connectivity index (χ1) is 11.7. The van der Waals surface area contributed by atoms with E-state index in [-0.39, 0.29) is 22.2 Å². The van der Waals surface area contributed by atoms with Gasteiger partial charge in [-0.05, 0) is 30.9 Å². The van der Waals surface area contributed by atoms with E-state index in [9.17, 15) is 28.2 Å². The molecule has 0 radical (unpaired) electrons. The zero-order valence-electron chi connectivity index (χ0n) is 13.5. The number of hydrazone groups is 1. The van der Waals surface area contributed by atoms with Crippen molar-refractivity contribution in [2.75, 3.05) is 0 Å². The fourth-order valence-corrected chi connectivity index (χ4v) is 3.44. The molecule has 1 aromatic rings. The van der Waals surface area contributed by atoms with Gasteiger partial charge >= 0.3 is 6.18 Å². The molecule has 1 aliphatic carbocycles. The summed E-state index contributed by atoms with van der Waals surface area (Å²) in [5, 5.41) is 24.0. The number of aromatic hydroxyl groups is 1. The molecule has 1 amide bonds. The number of para-hydroxylation sites is 1. The fourth-order valence-electron chi connectivity index (χ4n) is 3.44. The number of halogens is 3. The molecular formula is C17H19F3N2O3. The molecule has 1 saturated carbocycles. The number of carbonyl (C=O) groups is 1. The van der Waals surface area contributed by atoms with Crippen LogP contribution in [0.25, 0.3) is 0 Å². The third kappa shape index (κ3) is 3.10. The van der Waals surface area contributed by atoms with Crippen molar-refractivity contribution in [3.05, 3.63) is 29.8 Å². The molecule has 1 aromatic carbocycles. The van der Waals surface area contributed by atoms with Crippen LogP contribution in [0.2, 0.25) is 0 Å². The summed E-state index contributed by atoms with van der Waals surface area (Å²) in [6.45, 7) is 0. The topological polar surface area (TPSA) is 73.1 Å². The molecule has 0 bridgehead atoms. The molecule has 2 N–H and O–H groups in total. The molecular weight excluding hydrogens is 337 g/mol. The van der Waals surface area contributed by atoms with Crippen molar-refractivity contribution in [3.63, 3.8) is 0 Å². The summed E-state index contributed by atoms with van der Waals surface area (Å²) >= 11 is 0. The third-order valence-electron chi connectivity index (χ3n) is 4.86. The molecule has 2 aliphatic rings. The number of nitrogens with zero attached hydrogens (tertiary/aromatic N) is 2. The lowest BCUT2D eigenvalue weighted by molar-refractivity contribution is -0.297. The lowest BCUT2D eigenvalue weighted by Crippen LogP contribution is -2.56. The average molecular weight is 356 g/mol. The van der Waals surface area contributed by atoms with Gasteiger partial charge in [-0.2, -0.15) is 23.3 Å². The number of amides is 1. The summed E-state index contributed by atoms with van der Waals surface area (Å²) < 4.78 is 40.6. The first-order valence-electron chi connectivity index (χ1n) is 8.23. The Labute approximate surface area is 142 Å². The molecule has 1 aliphatic heterocycles. The molecule has 1 fully saturated rings. The van der Waals surface area contributed by atoms with Crippen LogP contribution in [0.3, 0.4) is 0 Å². The zero-order valence-corrected chi connectivity index (χ0v) is 13.5. The predicted octanol–water partition coefficient (Wildman–Crippen LogP) is 3.43. The van der Waals surface area contributed by atoms with E-state index in [1.807, 2.05) is 0 Å². The molecule has 0 spiro atoms. The minimum Gasteiger partial charge on any atom is -0.507 e. The van der Waals surface area contributed by atoms with Gasteiger partial charge < -0.3 is 10.2 Å². The first kappa shape index (κ1) is 17.7. The highest BCUT2D eigenvalue weighted by Gasteiger charge is 2.63. The van der Waals surface area contributed by atoms with Gasteiger partial charge in [0.1, 0.15) is 5.75 Å². The van der Waals surface area contributed by atoms with E-state index < -0.39 is 30.0 Å². The maximum absolute atomic E-state index is 13.5. The standard InChI is InChI=1S/C17H19F3N2O3/c18-17(19,20)16(25)10-13(11-6-2-1-3-7-11)21-22(16)15(24)12-8-4-5-9-14(12)23/h4-5,8-9,11,23,25H,1-3,6-7,10H2.